The summed E-state index contributed by atoms with van der Waals surface area (Å²) in [7, 11) is 2.09. The van der Waals surface area contributed by atoms with E-state index in [1.165, 1.54) is 16.4 Å². The number of anilines is 1. The fraction of sp³-hybridized carbons (Fsp3) is 0.413. The first-order valence-corrected chi connectivity index (χ1v) is 20.8. The minimum absolute atomic E-state index is 0.125. The van der Waals surface area contributed by atoms with E-state index in [1.807, 2.05) is 36.8 Å². The zero-order chi connectivity index (χ0) is 40.5. The summed E-state index contributed by atoms with van der Waals surface area (Å²) in [5, 5.41) is 5.03. The zero-order valence-corrected chi connectivity index (χ0v) is 33.4. The number of aryl methyl sites for hydroxylation is 1. The van der Waals surface area contributed by atoms with Crippen LogP contribution >= 0.6 is 0 Å². The molecule has 4 aliphatic rings. The summed E-state index contributed by atoms with van der Waals surface area (Å²) in [4.78, 5) is 50.9. The van der Waals surface area contributed by atoms with E-state index in [1.54, 1.807) is 12.1 Å². The Hall–Kier alpha value is -5.63. The molecular weight excluding hydrogens is 749 g/mol. The molecule has 6 heterocycles. The van der Waals surface area contributed by atoms with E-state index in [9.17, 15) is 14.4 Å². The van der Waals surface area contributed by atoms with Gasteiger partial charge >= 0.3 is 0 Å². The van der Waals surface area contributed by atoms with Gasteiger partial charge in [-0.3, -0.25) is 24.3 Å². The maximum atomic E-state index is 13.2. The van der Waals surface area contributed by atoms with Crippen LogP contribution in [0.2, 0.25) is 0 Å². The molecule has 0 bridgehead atoms. The first-order valence-electron chi connectivity index (χ1n) is 20.8. The fourth-order valence-electron chi connectivity index (χ4n) is 8.48. The summed E-state index contributed by atoms with van der Waals surface area (Å²) >= 11 is 0. The number of allylic oxidation sites excluding steroid dienone is 1. The minimum Gasteiger partial charge on any atom is -0.474 e. The molecule has 1 N–H and O–H groups in total. The van der Waals surface area contributed by atoms with Gasteiger partial charge in [0.1, 0.15) is 12.1 Å². The maximum absolute atomic E-state index is 13.2. The monoisotopic (exact) mass is 798 g/mol. The van der Waals surface area contributed by atoms with Crippen molar-refractivity contribution in [1.82, 2.24) is 24.8 Å². The maximum Gasteiger partial charge on any atom is 0.262 e. The molecular formula is C46H50N6O7. The number of aromatic nitrogens is 3. The second-order valence-electron chi connectivity index (χ2n) is 16.1. The lowest BCUT2D eigenvalue weighted by molar-refractivity contribution is -0.125. The van der Waals surface area contributed by atoms with Crippen LogP contribution in [-0.2, 0) is 26.1 Å². The van der Waals surface area contributed by atoms with Crippen LogP contribution in [0.5, 0.6) is 5.88 Å². The van der Waals surface area contributed by atoms with Gasteiger partial charge in [0, 0.05) is 117 Å². The van der Waals surface area contributed by atoms with Crippen LogP contribution in [0.3, 0.4) is 0 Å². The Morgan fingerprint density at radius 3 is 2.27 bits per heavy atom. The van der Waals surface area contributed by atoms with E-state index >= 15 is 0 Å². The summed E-state index contributed by atoms with van der Waals surface area (Å²) in [5.41, 5.74) is 6.68. The molecule has 1 saturated carbocycles. The van der Waals surface area contributed by atoms with Crippen LogP contribution in [-0.4, -0.2) is 101 Å². The highest BCUT2D eigenvalue weighted by atomic mass is 16.5. The Morgan fingerprint density at radius 1 is 0.763 bits per heavy atom. The van der Waals surface area contributed by atoms with Crippen molar-refractivity contribution < 1.29 is 33.3 Å². The second kappa shape index (κ2) is 16.9. The molecule has 1 atom stereocenters. The number of unbranched alkanes of at least 4 members (excludes halogenated alkanes) is 2. The summed E-state index contributed by atoms with van der Waals surface area (Å²) in [6.07, 6.45) is 12.6. The van der Waals surface area contributed by atoms with Gasteiger partial charge in [-0.2, -0.15) is 0 Å². The highest BCUT2D eigenvalue weighted by Crippen LogP contribution is 2.34. The van der Waals surface area contributed by atoms with Gasteiger partial charge in [0.2, 0.25) is 11.8 Å². The predicted molar refractivity (Wildman–Crippen MR) is 223 cm³/mol. The topological polar surface area (TPSA) is 137 Å². The molecule has 2 aromatic carbocycles. The molecule has 306 valence electrons. The molecule has 0 spiro atoms. The Labute approximate surface area is 343 Å². The minimum atomic E-state index is -0.810. The number of imide groups is 1. The van der Waals surface area contributed by atoms with E-state index in [2.05, 4.69) is 62.6 Å². The number of hydrogen-bond donors (Lipinski definition) is 1. The summed E-state index contributed by atoms with van der Waals surface area (Å²) in [6.45, 7) is 8.07. The van der Waals surface area contributed by atoms with Crippen molar-refractivity contribution >= 4 is 45.2 Å². The number of nitrogens with one attached hydrogen (secondary N) is 1. The third kappa shape index (κ3) is 8.06. The molecule has 2 saturated heterocycles. The van der Waals surface area contributed by atoms with Gasteiger partial charge < -0.3 is 33.7 Å². The lowest BCUT2D eigenvalue weighted by Crippen LogP contribution is -2.52. The Balaban J connectivity index is 0.593. The third-order valence-corrected chi connectivity index (χ3v) is 12.0. The number of ether oxygens (including phenoxy) is 4. The average Bonchev–Trinajstić information content (AvgIpc) is 3.64. The molecule has 3 aliphatic heterocycles. The number of pyridine rings is 2. The molecule has 3 aromatic heterocycles. The quantitative estimate of drug-likeness (QED) is 0.0811. The summed E-state index contributed by atoms with van der Waals surface area (Å²) in [5.74, 6) is -0.550. The molecule has 0 radical (unpaired) electrons. The van der Waals surface area contributed by atoms with Crippen molar-refractivity contribution in [3.05, 3.63) is 96.6 Å². The van der Waals surface area contributed by atoms with Crippen LogP contribution in [0.25, 0.3) is 32.9 Å². The molecule has 3 fully saturated rings. The smallest absolute Gasteiger partial charge is 0.262 e. The van der Waals surface area contributed by atoms with Gasteiger partial charge in [-0.05, 0) is 80.5 Å². The number of rotatable bonds is 17. The number of nitrogens with zero attached hydrogens (tertiary/aromatic N) is 5. The number of benzene rings is 2. The Kier molecular flexibility index (Phi) is 11.1. The molecule has 59 heavy (non-hydrogen) atoms. The second-order valence-corrected chi connectivity index (χ2v) is 16.1. The van der Waals surface area contributed by atoms with E-state index in [0.29, 0.717) is 48.8 Å². The van der Waals surface area contributed by atoms with E-state index in [-0.39, 0.29) is 24.2 Å². The Bertz CT molecular complexity index is 2380. The number of amides is 3. The van der Waals surface area contributed by atoms with Gasteiger partial charge in [-0.15, -0.1) is 0 Å². The molecule has 5 aromatic rings. The molecule has 1 unspecified atom stereocenters. The number of carbonyl (C=O) groups excluding carboxylic acids is 3. The van der Waals surface area contributed by atoms with Crippen molar-refractivity contribution in [2.75, 3.05) is 44.4 Å². The van der Waals surface area contributed by atoms with E-state index < -0.39 is 17.9 Å². The first-order chi connectivity index (χ1) is 28.8. The highest BCUT2D eigenvalue weighted by molar-refractivity contribution is 6.23. The highest BCUT2D eigenvalue weighted by Gasteiger charge is 2.44. The molecule has 13 heteroatoms. The SMILES string of the molecule is C=C1CCC(N2C(=O)c3ccc(N4CC(OCCCCOCCCCOC5CC(Oc6ccc(-c7ccc8c9cnccc9n(C)c8c7)cn6)C5)C4)cc3C2=O)C(=O)N1. The van der Waals surface area contributed by atoms with Gasteiger partial charge in [0.15, 0.2) is 0 Å². The lowest BCUT2D eigenvalue weighted by Gasteiger charge is -2.40. The zero-order valence-electron chi connectivity index (χ0n) is 33.4. The normalized spacial score (nSPS) is 20.6. The van der Waals surface area contributed by atoms with E-state index in [4.69, 9.17) is 18.9 Å². The Morgan fingerprint density at radius 2 is 1.51 bits per heavy atom. The van der Waals surface area contributed by atoms with Crippen molar-refractivity contribution in [3.63, 3.8) is 0 Å². The van der Waals surface area contributed by atoms with Crippen molar-refractivity contribution in [1.29, 1.82) is 0 Å². The number of fused-ring (bicyclic) bond motifs is 4. The van der Waals surface area contributed by atoms with Crippen molar-refractivity contribution in [2.45, 2.75) is 75.7 Å². The van der Waals surface area contributed by atoms with Gasteiger partial charge in [0.05, 0.1) is 28.9 Å². The fourth-order valence-corrected chi connectivity index (χ4v) is 8.48. The van der Waals surface area contributed by atoms with Gasteiger partial charge in [-0.25, -0.2) is 4.98 Å². The van der Waals surface area contributed by atoms with Crippen LogP contribution < -0.4 is 15.0 Å². The van der Waals surface area contributed by atoms with Crippen molar-refractivity contribution in [3.8, 4) is 17.0 Å². The predicted octanol–water partition coefficient (Wildman–Crippen LogP) is 6.59. The summed E-state index contributed by atoms with van der Waals surface area (Å²) in [6, 6.07) is 17.1. The first kappa shape index (κ1) is 38.9. The van der Waals surface area contributed by atoms with Crippen LogP contribution in [0.1, 0.15) is 72.1 Å². The van der Waals surface area contributed by atoms with E-state index in [0.717, 1.165) is 91.9 Å². The number of piperidine rings is 1. The van der Waals surface area contributed by atoms with Crippen LogP contribution in [0.15, 0.2) is 85.5 Å². The molecule has 3 amide bonds. The largest absolute Gasteiger partial charge is 0.474 e. The third-order valence-electron chi connectivity index (χ3n) is 12.0. The van der Waals surface area contributed by atoms with Crippen molar-refractivity contribution in [2.24, 2.45) is 7.05 Å². The molecule has 9 rings (SSSR count). The molecule has 13 nitrogen and oxygen atoms in total. The molecule has 1 aliphatic carbocycles. The van der Waals surface area contributed by atoms with Crippen LogP contribution in [0.4, 0.5) is 5.69 Å². The van der Waals surface area contributed by atoms with Gasteiger partial charge in [0.25, 0.3) is 11.8 Å². The summed E-state index contributed by atoms with van der Waals surface area (Å²) < 4.78 is 26.3. The lowest BCUT2D eigenvalue weighted by atomic mass is 9.92. The van der Waals surface area contributed by atoms with Gasteiger partial charge in [-0.1, -0.05) is 18.7 Å². The van der Waals surface area contributed by atoms with Crippen LogP contribution in [0, 0.1) is 0 Å². The standard InChI is InChI=1S/C46H50N6O7/c1-29-7-13-41(44(53)49-29)52-45(54)37-12-10-32(22-38(37)46(52)55)51-27-35(28-51)58-20-6-4-18-56-17-3-5-19-57-33-23-34(24-33)59-43-14-9-31(25-48-43)30-8-11-36-39-26-47-16-15-40(39)50(2)42(36)21-30/h8-12,14-16,21-22,25-26,33-35,41H,1,3-7,13,17-20,23-24,27-28H2,2H3,(H,49,53). The number of carbonyl (C=O) groups is 3. The number of hydrogen-bond acceptors (Lipinski definition) is 10. The average molecular weight is 799 g/mol.